The van der Waals surface area contributed by atoms with E-state index < -0.39 is 41.3 Å². The molecule has 0 aliphatic rings. The van der Waals surface area contributed by atoms with Crippen LogP contribution >= 0.6 is 0 Å². The van der Waals surface area contributed by atoms with Crippen molar-refractivity contribution in [2.24, 2.45) is 0 Å². The van der Waals surface area contributed by atoms with Gasteiger partial charge in [0.15, 0.2) is 0 Å². The van der Waals surface area contributed by atoms with Crippen molar-refractivity contribution in [1.29, 1.82) is 0 Å². The molecule has 0 fully saturated rings. The fraction of sp³-hybridized carbons (Fsp3) is 0.500. The first-order chi connectivity index (χ1) is 12.8. The Balaban J connectivity index is 5.88. The molecule has 0 aromatic rings. The highest BCUT2D eigenvalue weighted by molar-refractivity contribution is 5.82. The van der Waals surface area contributed by atoms with Crippen LogP contribution in [0.1, 0.15) is 20.8 Å². The van der Waals surface area contributed by atoms with Gasteiger partial charge in [-0.05, 0) is 39.0 Å². The molecule has 10 heteroatoms. The number of hydrogen-bond acceptors (Lipinski definition) is 7. The number of aliphatic hydroxyl groups excluding tert-OH is 1. The van der Waals surface area contributed by atoms with Crippen molar-refractivity contribution >= 4 is 17.9 Å². The zero-order chi connectivity index (χ0) is 22.0. The van der Waals surface area contributed by atoms with E-state index in [1.54, 1.807) is 6.92 Å². The Bertz CT molecular complexity index is 610. The lowest BCUT2D eigenvalue weighted by Crippen LogP contribution is -2.51. The Morgan fingerprint density at radius 3 is 1.71 bits per heavy atom. The third kappa shape index (κ3) is 9.42. The minimum absolute atomic E-state index is 0.00824. The van der Waals surface area contributed by atoms with Gasteiger partial charge in [-0.15, -0.1) is 0 Å². The normalized spacial score (nSPS) is 18.8. The number of hydrogen-bond donors (Lipinski definition) is 5. The standard InChI is InChI=1S/C18H26O10/c1-12(19)10-27-13(2)11-28-17(3,7-4-14(20)21)18(26,8-5-15(22)23)9-6-16(24)25/h4-9,12-13,19,26H,10-11H2,1-3H3,(H,20,21)(H,22,23)(H,24,25)/b7-4?,8-5+,9-6?. The number of carbonyl (C=O) groups is 3. The van der Waals surface area contributed by atoms with Crippen molar-refractivity contribution in [3.05, 3.63) is 36.5 Å². The first-order valence-corrected chi connectivity index (χ1v) is 8.24. The molecule has 0 amide bonds. The maximum Gasteiger partial charge on any atom is 0.328 e. The van der Waals surface area contributed by atoms with Crippen molar-refractivity contribution in [2.75, 3.05) is 13.2 Å². The molecule has 158 valence electrons. The topological polar surface area (TPSA) is 171 Å². The van der Waals surface area contributed by atoms with Gasteiger partial charge in [0.2, 0.25) is 0 Å². The number of ether oxygens (including phenoxy) is 2. The highest BCUT2D eigenvalue weighted by Gasteiger charge is 2.43. The lowest BCUT2D eigenvalue weighted by molar-refractivity contribution is -0.137. The van der Waals surface area contributed by atoms with Crippen molar-refractivity contribution in [2.45, 2.75) is 44.2 Å². The largest absolute Gasteiger partial charge is 0.478 e. The summed E-state index contributed by atoms with van der Waals surface area (Å²) >= 11 is 0. The van der Waals surface area contributed by atoms with Crippen LogP contribution < -0.4 is 0 Å². The highest BCUT2D eigenvalue weighted by Crippen LogP contribution is 2.31. The Hall–Kier alpha value is -2.53. The average Bonchev–Trinajstić information content (AvgIpc) is 2.59. The molecule has 0 rings (SSSR count). The third-order valence-corrected chi connectivity index (χ3v) is 3.54. The van der Waals surface area contributed by atoms with Gasteiger partial charge in [0.05, 0.1) is 25.4 Å². The molecule has 0 saturated heterocycles. The maximum atomic E-state index is 10.9. The van der Waals surface area contributed by atoms with E-state index in [2.05, 4.69) is 0 Å². The van der Waals surface area contributed by atoms with E-state index in [0.717, 1.165) is 18.2 Å². The minimum Gasteiger partial charge on any atom is -0.478 e. The summed E-state index contributed by atoms with van der Waals surface area (Å²) < 4.78 is 10.9. The van der Waals surface area contributed by atoms with E-state index in [1.807, 2.05) is 0 Å². The van der Waals surface area contributed by atoms with E-state index in [4.69, 9.17) is 24.8 Å². The number of carboxylic acids is 3. The lowest BCUT2D eigenvalue weighted by Gasteiger charge is -2.39. The third-order valence-electron chi connectivity index (χ3n) is 3.54. The van der Waals surface area contributed by atoms with Gasteiger partial charge >= 0.3 is 17.9 Å². The van der Waals surface area contributed by atoms with E-state index >= 15 is 0 Å². The van der Waals surface area contributed by atoms with Crippen LogP contribution in [0.15, 0.2) is 36.5 Å². The summed E-state index contributed by atoms with van der Waals surface area (Å²) in [5.74, 6) is -4.19. The molecule has 0 bridgehead atoms. The van der Waals surface area contributed by atoms with Crippen LogP contribution in [0.3, 0.4) is 0 Å². The van der Waals surface area contributed by atoms with Crippen LogP contribution in [-0.2, 0) is 23.9 Å². The summed E-state index contributed by atoms with van der Waals surface area (Å²) in [6, 6.07) is 0. The second kappa shape index (κ2) is 11.3. The predicted molar refractivity (Wildman–Crippen MR) is 96.7 cm³/mol. The second-order valence-electron chi connectivity index (χ2n) is 6.25. The summed E-state index contributed by atoms with van der Waals surface area (Å²) in [6.45, 7) is 4.19. The van der Waals surface area contributed by atoms with Crippen LogP contribution in [0.4, 0.5) is 0 Å². The molecular formula is C18H26O10. The fourth-order valence-electron chi connectivity index (χ4n) is 1.95. The molecule has 5 N–H and O–H groups in total. The van der Waals surface area contributed by atoms with Crippen molar-refractivity contribution in [3.8, 4) is 0 Å². The first-order valence-electron chi connectivity index (χ1n) is 8.24. The smallest absolute Gasteiger partial charge is 0.328 e. The molecule has 0 heterocycles. The van der Waals surface area contributed by atoms with Gasteiger partial charge in [-0.2, -0.15) is 0 Å². The zero-order valence-electron chi connectivity index (χ0n) is 15.8. The zero-order valence-corrected chi connectivity index (χ0v) is 15.8. The molecule has 4 unspecified atom stereocenters. The fourth-order valence-corrected chi connectivity index (χ4v) is 1.95. The molecular weight excluding hydrogens is 376 g/mol. The second-order valence-corrected chi connectivity index (χ2v) is 6.25. The van der Waals surface area contributed by atoms with Gasteiger partial charge in [-0.25, -0.2) is 14.4 Å². The summed E-state index contributed by atoms with van der Waals surface area (Å²) in [7, 11) is 0. The number of carboxylic acid groups (broad SMARTS) is 3. The molecule has 10 nitrogen and oxygen atoms in total. The highest BCUT2D eigenvalue weighted by atomic mass is 16.6. The van der Waals surface area contributed by atoms with Crippen molar-refractivity contribution < 1.29 is 49.4 Å². The first kappa shape index (κ1) is 25.5. The van der Waals surface area contributed by atoms with Gasteiger partial charge in [-0.3, -0.25) is 0 Å². The Kier molecular flexibility index (Phi) is 10.3. The van der Waals surface area contributed by atoms with Gasteiger partial charge in [0.1, 0.15) is 11.2 Å². The molecule has 0 radical (unpaired) electrons. The summed E-state index contributed by atoms with van der Waals surface area (Å²) in [4.78, 5) is 32.6. The van der Waals surface area contributed by atoms with Crippen LogP contribution in [0, 0.1) is 0 Å². The number of aliphatic carboxylic acids is 3. The predicted octanol–water partition coefficient (Wildman–Crippen LogP) is 0.201. The van der Waals surface area contributed by atoms with Crippen molar-refractivity contribution in [3.63, 3.8) is 0 Å². The monoisotopic (exact) mass is 402 g/mol. The van der Waals surface area contributed by atoms with Crippen molar-refractivity contribution in [1.82, 2.24) is 0 Å². The maximum absolute atomic E-state index is 10.9. The Morgan fingerprint density at radius 1 is 0.893 bits per heavy atom. The molecule has 0 saturated carbocycles. The molecule has 4 atom stereocenters. The quantitative estimate of drug-likeness (QED) is 0.268. The van der Waals surface area contributed by atoms with Crippen LogP contribution in [0.5, 0.6) is 0 Å². The lowest BCUT2D eigenvalue weighted by atomic mass is 9.82. The van der Waals surface area contributed by atoms with Crippen LogP contribution in [0.2, 0.25) is 0 Å². The average molecular weight is 402 g/mol. The molecule has 0 aromatic carbocycles. The van der Waals surface area contributed by atoms with E-state index in [1.165, 1.54) is 13.8 Å². The van der Waals surface area contributed by atoms with Gasteiger partial charge in [0, 0.05) is 18.2 Å². The Morgan fingerprint density at radius 2 is 1.32 bits per heavy atom. The number of aliphatic hydroxyl groups is 2. The van der Waals surface area contributed by atoms with E-state index in [0.29, 0.717) is 18.2 Å². The van der Waals surface area contributed by atoms with E-state index in [-0.39, 0.29) is 13.2 Å². The summed E-state index contributed by atoms with van der Waals surface area (Å²) in [6.07, 6.45) is 3.05. The summed E-state index contributed by atoms with van der Waals surface area (Å²) in [5, 5.41) is 46.7. The molecule has 0 spiro atoms. The molecule has 28 heavy (non-hydrogen) atoms. The molecule has 0 aromatic heterocycles. The van der Waals surface area contributed by atoms with Gasteiger partial charge in [0.25, 0.3) is 0 Å². The summed E-state index contributed by atoms with van der Waals surface area (Å²) in [5.41, 5.74) is -4.19. The SMILES string of the molecule is CC(O)COC(C)COC(C)(C=CC(=O)O)C(O)(C=CC(=O)O)/C=C/C(=O)O. The van der Waals surface area contributed by atoms with Crippen LogP contribution in [0.25, 0.3) is 0 Å². The van der Waals surface area contributed by atoms with E-state index in [9.17, 15) is 24.6 Å². The molecule has 0 aliphatic carbocycles. The minimum atomic E-state index is -2.32. The number of rotatable bonds is 13. The molecule has 0 aliphatic heterocycles. The Labute approximate surface area is 162 Å². The van der Waals surface area contributed by atoms with Gasteiger partial charge in [-0.1, -0.05) is 0 Å². The van der Waals surface area contributed by atoms with Crippen LogP contribution in [-0.4, -0.2) is 80.1 Å². The van der Waals surface area contributed by atoms with Gasteiger partial charge < -0.3 is 35.0 Å².